The summed E-state index contributed by atoms with van der Waals surface area (Å²) in [5, 5.41) is 2.36. The summed E-state index contributed by atoms with van der Waals surface area (Å²) in [5.74, 6) is 1.84. The number of aryl methyl sites for hydroxylation is 2. The van der Waals surface area contributed by atoms with Gasteiger partial charge in [-0.25, -0.2) is 4.98 Å². The molecule has 0 spiro atoms. The maximum absolute atomic E-state index is 6.07. The van der Waals surface area contributed by atoms with Crippen LogP contribution in [0.4, 0.5) is 5.82 Å². The molecule has 0 aliphatic carbocycles. The lowest BCUT2D eigenvalue weighted by Gasteiger charge is -2.34. The number of fused-ring (bicyclic) bond motifs is 1. The second-order valence-corrected chi connectivity index (χ2v) is 6.70. The summed E-state index contributed by atoms with van der Waals surface area (Å²) in [6.07, 6.45) is 1.84. The number of anilines is 1. The molecule has 0 bridgehead atoms. The third-order valence-electron chi connectivity index (χ3n) is 4.86. The minimum absolute atomic E-state index is 0.0250. The maximum atomic E-state index is 6.07. The van der Waals surface area contributed by atoms with Gasteiger partial charge in [-0.05, 0) is 48.4 Å². The molecule has 1 atom stereocenters. The van der Waals surface area contributed by atoms with Gasteiger partial charge in [-0.1, -0.05) is 18.2 Å². The fraction of sp³-hybridized carbons (Fsp3) is 0.333. The zero-order valence-corrected chi connectivity index (χ0v) is 15.4. The summed E-state index contributed by atoms with van der Waals surface area (Å²) < 4.78 is 11.4. The number of ether oxygens (including phenoxy) is 2. The van der Waals surface area contributed by atoms with Gasteiger partial charge in [0.1, 0.15) is 11.9 Å². The first-order valence-electron chi connectivity index (χ1n) is 8.88. The molecule has 0 saturated carbocycles. The van der Waals surface area contributed by atoms with Gasteiger partial charge in [0.15, 0.2) is 5.82 Å². The molecule has 26 heavy (non-hydrogen) atoms. The summed E-state index contributed by atoms with van der Waals surface area (Å²) >= 11 is 0. The van der Waals surface area contributed by atoms with Crippen LogP contribution in [0.15, 0.2) is 42.6 Å². The minimum atomic E-state index is 0.0250. The molecule has 0 N–H and O–H groups in total. The van der Waals surface area contributed by atoms with Crippen LogP contribution in [-0.4, -0.2) is 36.8 Å². The molecule has 1 aliphatic heterocycles. The number of aromatic nitrogens is 2. The van der Waals surface area contributed by atoms with Crippen molar-refractivity contribution in [1.29, 1.82) is 0 Å². The van der Waals surface area contributed by atoms with Crippen LogP contribution in [-0.2, 0) is 4.74 Å². The Balaban J connectivity index is 1.61. The Morgan fingerprint density at radius 3 is 2.77 bits per heavy atom. The molecule has 0 radical (unpaired) electrons. The van der Waals surface area contributed by atoms with Crippen LogP contribution in [0.2, 0.25) is 0 Å². The fourth-order valence-electron chi connectivity index (χ4n) is 3.44. The molecule has 5 nitrogen and oxygen atoms in total. The molecule has 1 fully saturated rings. The largest absolute Gasteiger partial charge is 0.497 e. The summed E-state index contributed by atoms with van der Waals surface area (Å²) in [5.41, 5.74) is 3.08. The van der Waals surface area contributed by atoms with Crippen LogP contribution in [0.25, 0.3) is 10.8 Å². The first kappa shape index (κ1) is 16.8. The molecule has 2 heterocycles. The van der Waals surface area contributed by atoms with Crippen molar-refractivity contribution < 1.29 is 9.47 Å². The van der Waals surface area contributed by atoms with Gasteiger partial charge in [0.05, 0.1) is 25.1 Å². The molecular formula is C21H23N3O2. The number of morpholine rings is 1. The second kappa shape index (κ2) is 6.92. The highest BCUT2D eigenvalue weighted by atomic mass is 16.5. The van der Waals surface area contributed by atoms with Crippen molar-refractivity contribution in [3.8, 4) is 5.75 Å². The van der Waals surface area contributed by atoms with E-state index >= 15 is 0 Å². The molecule has 3 aromatic rings. The lowest BCUT2D eigenvalue weighted by Crippen LogP contribution is -2.39. The van der Waals surface area contributed by atoms with Crippen molar-refractivity contribution in [2.75, 3.05) is 31.7 Å². The first-order chi connectivity index (χ1) is 12.6. The van der Waals surface area contributed by atoms with Gasteiger partial charge in [0, 0.05) is 19.3 Å². The summed E-state index contributed by atoms with van der Waals surface area (Å²) in [6, 6.07) is 12.6. The number of nitrogens with zero attached hydrogens (tertiary/aromatic N) is 3. The molecule has 0 amide bonds. The van der Waals surface area contributed by atoms with Gasteiger partial charge >= 0.3 is 0 Å². The van der Waals surface area contributed by atoms with Crippen molar-refractivity contribution in [3.05, 3.63) is 59.5 Å². The van der Waals surface area contributed by atoms with Gasteiger partial charge < -0.3 is 14.4 Å². The molecule has 1 aromatic heterocycles. The highest BCUT2D eigenvalue weighted by molar-refractivity contribution is 5.84. The minimum Gasteiger partial charge on any atom is -0.497 e. The topological polar surface area (TPSA) is 47.5 Å². The van der Waals surface area contributed by atoms with Crippen LogP contribution in [0, 0.1) is 13.8 Å². The highest BCUT2D eigenvalue weighted by Crippen LogP contribution is 2.29. The SMILES string of the molecule is COc1ccc2cc([C@@H]3CN(c4nc(C)cnc4C)CCO3)ccc2c1. The Hall–Kier alpha value is -2.66. The Labute approximate surface area is 153 Å². The highest BCUT2D eigenvalue weighted by Gasteiger charge is 2.24. The number of rotatable bonds is 3. The van der Waals surface area contributed by atoms with E-state index in [4.69, 9.17) is 9.47 Å². The van der Waals surface area contributed by atoms with E-state index < -0.39 is 0 Å². The summed E-state index contributed by atoms with van der Waals surface area (Å²) in [4.78, 5) is 11.4. The Morgan fingerprint density at radius 2 is 1.92 bits per heavy atom. The van der Waals surface area contributed by atoms with Gasteiger partial charge in [0.2, 0.25) is 0 Å². The monoisotopic (exact) mass is 349 g/mol. The molecule has 1 aliphatic rings. The van der Waals surface area contributed by atoms with Crippen LogP contribution in [0.5, 0.6) is 5.75 Å². The number of hydrogen-bond donors (Lipinski definition) is 0. The maximum Gasteiger partial charge on any atom is 0.150 e. The zero-order chi connectivity index (χ0) is 18.1. The Kier molecular flexibility index (Phi) is 4.47. The van der Waals surface area contributed by atoms with E-state index in [1.54, 1.807) is 7.11 Å². The number of hydrogen-bond acceptors (Lipinski definition) is 5. The molecule has 5 heteroatoms. The molecule has 134 valence electrons. The van der Waals surface area contributed by atoms with Crippen LogP contribution in [0.3, 0.4) is 0 Å². The quantitative estimate of drug-likeness (QED) is 0.719. The Bertz CT molecular complexity index is 942. The molecular weight excluding hydrogens is 326 g/mol. The lowest BCUT2D eigenvalue weighted by molar-refractivity contribution is 0.0395. The van der Waals surface area contributed by atoms with Gasteiger partial charge in [-0.2, -0.15) is 0 Å². The van der Waals surface area contributed by atoms with Crippen LogP contribution < -0.4 is 9.64 Å². The predicted molar refractivity (Wildman–Crippen MR) is 103 cm³/mol. The normalized spacial score (nSPS) is 17.5. The van der Waals surface area contributed by atoms with Crippen LogP contribution >= 0.6 is 0 Å². The molecule has 4 rings (SSSR count). The second-order valence-electron chi connectivity index (χ2n) is 6.70. The van der Waals surface area contributed by atoms with E-state index in [1.165, 1.54) is 16.3 Å². The predicted octanol–water partition coefficient (Wildman–Crippen LogP) is 3.83. The van der Waals surface area contributed by atoms with E-state index in [-0.39, 0.29) is 6.10 Å². The van der Waals surface area contributed by atoms with Crippen molar-refractivity contribution in [2.45, 2.75) is 20.0 Å². The van der Waals surface area contributed by atoms with E-state index in [1.807, 2.05) is 26.1 Å². The van der Waals surface area contributed by atoms with Gasteiger partial charge in [-0.3, -0.25) is 4.98 Å². The molecule has 1 saturated heterocycles. The number of benzene rings is 2. The average Bonchev–Trinajstić information content (AvgIpc) is 2.69. The first-order valence-corrected chi connectivity index (χ1v) is 8.88. The van der Waals surface area contributed by atoms with Gasteiger partial charge in [-0.15, -0.1) is 0 Å². The summed E-state index contributed by atoms with van der Waals surface area (Å²) in [6.45, 7) is 6.28. The molecule has 0 unspecified atom stereocenters. The number of methoxy groups -OCH3 is 1. The smallest absolute Gasteiger partial charge is 0.150 e. The lowest BCUT2D eigenvalue weighted by atomic mass is 10.0. The van der Waals surface area contributed by atoms with Crippen molar-refractivity contribution in [2.24, 2.45) is 0 Å². The van der Waals surface area contributed by atoms with Crippen molar-refractivity contribution in [3.63, 3.8) is 0 Å². The standard InChI is InChI=1S/C21H23N3O2/c1-14-12-22-15(2)21(23-14)24-8-9-26-20(13-24)18-5-4-17-11-19(25-3)7-6-16(17)10-18/h4-7,10-12,20H,8-9,13H2,1-3H3/t20-/m0/s1. The third-order valence-corrected chi connectivity index (χ3v) is 4.86. The third kappa shape index (κ3) is 3.22. The van der Waals surface area contributed by atoms with E-state index in [0.717, 1.165) is 36.0 Å². The van der Waals surface area contributed by atoms with E-state index in [0.29, 0.717) is 6.61 Å². The van der Waals surface area contributed by atoms with Crippen LogP contribution in [0.1, 0.15) is 23.1 Å². The Morgan fingerprint density at radius 1 is 1.12 bits per heavy atom. The zero-order valence-electron chi connectivity index (χ0n) is 15.4. The van der Waals surface area contributed by atoms with Gasteiger partial charge in [0.25, 0.3) is 0 Å². The van der Waals surface area contributed by atoms with E-state index in [2.05, 4.69) is 45.2 Å². The average molecular weight is 349 g/mol. The fourth-order valence-corrected chi connectivity index (χ4v) is 3.44. The van der Waals surface area contributed by atoms with E-state index in [9.17, 15) is 0 Å². The molecule has 2 aromatic carbocycles. The summed E-state index contributed by atoms with van der Waals surface area (Å²) in [7, 11) is 1.69. The van der Waals surface area contributed by atoms with Crippen molar-refractivity contribution in [1.82, 2.24) is 9.97 Å². The van der Waals surface area contributed by atoms with Crippen molar-refractivity contribution >= 4 is 16.6 Å².